The molecule has 0 saturated carbocycles. The van der Waals surface area contributed by atoms with E-state index in [1.54, 1.807) is 5.38 Å². The fourth-order valence-corrected chi connectivity index (χ4v) is 4.31. The number of hydrogen-bond acceptors (Lipinski definition) is 6. The zero-order valence-corrected chi connectivity index (χ0v) is 18.5. The van der Waals surface area contributed by atoms with Crippen LogP contribution >= 0.6 is 22.9 Å². The Balaban J connectivity index is 2.14. The molecule has 0 aliphatic carbocycles. The first-order chi connectivity index (χ1) is 13.8. The van der Waals surface area contributed by atoms with Crippen LogP contribution < -0.4 is 10.2 Å². The van der Waals surface area contributed by atoms with Crippen molar-refractivity contribution in [1.82, 2.24) is 14.9 Å². The molecule has 2 heterocycles. The largest absolute Gasteiger partial charge is 0.349 e. The van der Waals surface area contributed by atoms with E-state index in [2.05, 4.69) is 14.9 Å². The number of amides is 2. The molecule has 8 heteroatoms. The number of rotatable bonds is 7. The van der Waals surface area contributed by atoms with Gasteiger partial charge in [-0.05, 0) is 67.9 Å². The summed E-state index contributed by atoms with van der Waals surface area (Å²) >= 11 is 2.58. The fraction of sp³-hybridized carbons (Fsp3) is 0.333. The molecule has 0 radical (unpaired) electrons. The number of thiophene rings is 1. The molecule has 3 rings (SSSR count). The highest BCUT2D eigenvalue weighted by atomic mass is 32.1. The molecule has 2 amide bonds. The van der Waals surface area contributed by atoms with Crippen molar-refractivity contribution in [1.29, 1.82) is 0 Å². The van der Waals surface area contributed by atoms with Gasteiger partial charge in [-0.15, -0.1) is 16.4 Å². The van der Waals surface area contributed by atoms with Gasteiger partial charge < -0.3 is 5.32 Å². The first kappa shape index (κ1) is 21.1. The molecule has 152 valence electrons. The maximum absolute atomic E-state index is 13.5. The van der Waals surface area contributed by atoms with Crippen molar-refractivity contribution in [3.63, 3.8) is 0 Å². The smallest absolute Gasteiger partial charge is 0.280 e. The lowest BCUT2D eigenvalue weighted by Gasteiger charge is -2.34. The van der Waals surface area contributed by atoms with Crippen LogP contribution in [-0.2, 0) is 4.79 Å². The number of aryl methyl sites for hydroxylation is 1. The molecule has 1 aromatic carbocycles. The highest BCUT2D eigenvalue weighted by Gasteiger charge is 2.37. The summed E-state index contributed by atoms with van der Waals surface area (Å²) in [6, 6.07) is 10.4. The molecular formula is C21H24N4O2S2. The van der Waals surface area contributed by atoms with Crippen LogP contribution in [0.3, 0.4) is 0 Å². The van der Waals surface area contributed by atoms with E-state index in [1.165, 1.54) is 16.2 Å². The van der Waals surface area contributed by atoms with Crippen LogP contribution in [0.15, 0.2) is 47.2 Å². The van der Waals surface area contributed by atoms with Crippen molar-refractivity contribution in [2.45, 2.75) is 45.7 Å². The Morgan fingerprint density at radius 2 is 1.93 bits per heavy atom. The third-order valence-electron chi connectivity index (χ3n) is 4.83. The van der Waals surface area contributed by atoms with Gasteiger partial charge >= 0.3 is 0 Å². The normalized spacial score (nSPS) is 12.4. The Hall–Kier alpha value is -2.58. The second kappa shape index (κ2) is 8.84. The Morgan fingerprint density at radius 1 is 1.21 bits per heavy atom. The van der Waals surface area contributed by atoms with Crippen LogP contribution in [0, 0.1) is 6.92 Å². The minimum Gasteiger partial charge on any atom is -0.349 e. The lowest BCUT2D eigenvalue weighted by molar-refractivity contribution is -0.124. The Morgan fingerprint density at radius 3 is 2.48 bits per heavy atom. The van der Waals surface area contributed by atoms with E-state index in [9.17, 15) is 9.59 Å². The lowest BCUT2D eigenvalue weighted by Crippen LogP contribution is -2.50. The lowest BCUT2D eigenvalue weighted by atomic mass is 10.00. The minimum absolute atomic E-state index is 0.220. The SMILES string of the molecule is CCC(C)(C)NC(=O)[C@H](c1sccc1C)N(C(=O)c1csnn1)c1ccccc1. The molecule has 0 aliphatic heterocycles. The van der Waals surface area contributed by atoms with Gasteiger partial charge in [0, 0.05) is 21.5 Å². The summed E-state index contributed by atoms with van der Waals surface area (Å²) in [5.74, 6) is -0.574. The number of anilines is 1. The van der Waals surface area contributed by atoms with Crippen molar-refractivity contribution < 1.29 is 9.59 Å². The van der Waals surface area contributed by atoms with Crippen molar-refractivity contribution in [2.24, 2.45) is 0 Å². The Bertz CT molecular complexity index is 968. The molecule has 2 aromatic heterocycles. The first-order valence-corrected chi connectivity index (χ1v) is 11.1. The standard InChI is InChI=1S/C21H24N4O2S2/c1-5-21(3,4)22-19(26)17(18-14(2)11-12-28-18)25(15-9-7-6-8-10-15)20(27)16-13-29-24-23-16/h6-13,17H,5H2,1-4H3,(H,22,26)/t17-/m0/s1. The van der Waals surface area contributed by atoms with Crippen molar-refractivity contribution in [3.05, 3.63) is 63.3 Å². The number of carbonyl (C=O) groups is 2. The summed E-state index contributed by atoms with van der Waals surface area (Å²) in [5.41, 5.74) is 1.43. The van der Waals surface area contributed by atoms with Crippen LogP contribution in [0.2, 0.25) is 0 Å². The summed E-state index contributed by atoms with van der Waals surface area (Å²) in [4.78, 5) is 29.3. The van der Waals surface area contributed by atoms with Crippen molar-refractivity contribution in [2.75, 3.05) is 4.90 Å². The van der Waals surface area contributed by atoms with Crippen LogP contribution in [0.25, 0.3) is 0 Å². The van der Waals surface area contributed by atoms with Crippen LogP contribution in [0.1, 0.15) is 54.2 Å². The van der Waals surface area contributed by atoms with Gasteiger partial charge in [-0.2, -0.15) is 0 Å². The van der Waals surface area contributed by atoms with Gasteiger partial charge in [0.2, 0.25) is 5.91 Å². The number of nitrogens with one attached hydrogen (secondary N) is 1. The summed E-state index contributed by atoms with van der Waals surface area (Å²) in [6.45, 7) is 7.92. The number of carbonyl (C=O) groups excluding carboxylic acids is 2. The van der Waals surface area contributed by atoms with Crippen LogP contribution in [0.5, 0.6) is 0 Å². The van der Waals surface area contributed by atoms with E-state index in [0.717, 1.165) is 28.4 Å². The van der Waals surface area contributed by atoms with Gasteiger partial charge in [-0.3, -0.25) is 14.5 Å². The van der Waals surface area contributed by atoms with E-state index in [1.807, 2.05) is 69.5 Å². The van der Waals surface area contributed by atoms with Crippen molar-refractivity contribution in [3.8, 4) is 0 Å². The average molecular weight is 429 g/mol. The maximum Gasteiger partial charge on any atom is 0.280 e. The summed E-state index contributed by atoms with van der Waals surface area (Å²) in [6.07, 6.45) is 0.768. The molecule has 0 fully saturated rings. The molecular weight excluding hydrogens is 404 g/mol. The van der Waals surface area contributed by atoms with E-state index >= 15 is 0 Å². The molecule has 1 atom stereocenters. The van der Waals surface area contributed by atoms with E-state index in [4.69, 9.17) is 0 Å². The average Bonchev–Trinajstić information content (AvgIpc) is 3.38. The number of nitrogens with zero attached hydrogens (tertiary/aromatic N) is 3. The highest BCUT2D eigenvalue weighted by Crippen LogP contribution is 2.34. The molecule has 0 bridgehead atoms. The first-order valence-electron chi connectivity index (χ1n) is 9.35. The second-order valence-electron chi connectivity index (χ2n) is 7.40. The quantitative estimate of drug-likeness (QED) is 0.597. The van der Waals surface area contributed by atoms with Gasteiger partial charge in [0.05, 0.1) is 0 Å². The molecule has 0 unspecified atom stereocenters. The Kier molecular flexibility index (Phi) is 6.44. The number of aromatic nitrogens is 2. The van der Waals surface area contributed by atoms with E-state index in [0.29, 0.717) is 5.69 Å². The monoisotopic (exact) mass is 428 g/mol. The minimum atomic E-state index is -0.808. The molecule has 29 heavy (non-hydrogen) atoms. The third kappa shape index (κ3) is 4.71. The molecule has 1 N–H and O–H groups in total. The third-order valence-corrected chi connectivity index (χ3v) is 6.41. The number of para-hydroxylation sites is 1. The molecule has 6 nitrogen and oxygen atoms in total. The zero-order valence-electron chi connectivity index (χ0n) is 16.9. The fourth-order valence-electron chi connectivity index (χ4n) is 2.86. The molecule has 0 aliphatic rings. The van der Waals surface area contributed by atoms with Gasteiger partial charge in [-0.1, -0.05) is 29.6 Å². The highest BCUT2D eigenvalue weighted by molar-refractivity contribution is 7.10. The van der Waals surface area contributed by atoms with Crippen LogP contribution in [0.4, 0.5) is 5.69 Å². The van der Waals surface area contributed by atoms with Gasteiger partial charge in [0.15, 0.2) is 11.7 Å². The predicted octanol–water partition coefficient (Wildman–Crippen LogP) is 4.60. The van der Waals surface area contributed by atoms with E-state index < -0.39 is 11.6 Å². The predicted molar refractivity (Wildman–Crippen MR) is 117 cm³/mol. The topological polar surface area (TPSA) is 75.2 Å². The van der Waals surface area contributed by atoms with Crippen molar-refractivity contribution >= 4 is 40.4 Å². The Labute approximate surface area is 178 Å². The van der Waals surface area contributed by atoms with Crippen LogP contribution in [-0.4, -0.2) is 26.9 Å². The van der Waals surface area contributed by atoms with Gasteiger partial charge in [0.25, 0.3) is 5.91 Å². The zero-order chi connectivity index (χ0) is 21.0. The summed E-state index contributed by atoms with van der Waals surface area (Å²) in [7, 11) is 0. The molecule has 0 spiro atoms. The van der Waals surface area contributed by atoms with Gasteiger partial charge in [-0.25, -0.2) is 0 Å². The summed E-state index contributed by atoms with van der Waals surface area (Å²) < 4.78 is 3.82. The molecule has 0 saturated heterocycles. The summed E-state index contributed by atoms with van der Waals surface area (Å²) in [5, 5.41) is 10.6. The maximum atomic E-state index is 13.5. The number of benzene rings is 1. The molecule has 3 aromatic rings. The second-order valence-corrected chi connectivity index (χ2v) is 8.96. The van der Waals surface area contributed by atoms with Gasteiger partial charge in [0.1, 0.15) is 0 Å². The number of hydrogen-bond donors (Lipinski definition) is 1. The van der Waals surface area contributed by atoms with E-state index in [-0.39, 0.29) is 17.5 Å².